The van der Waals surface area contributed by atoms with E-state index in [9.17, 15) is 0 Å². The van der Waals surface area contributed by atoms with E-state index in [1.165, 1.54) is 83.5 Å². The zero-order chi connectivity index (χ0) is 44.0. The summed E-state index contributed by atoms with van der Waals surface area (Å²) in [5.74, 6) is 0. The van der Waals surface area contributed by atoms with Crippen molar-refractivity contribution in [3.8, 4) is 44.5 Å². The van der Waals surface area contributed by atoms with Crippen LogP contribution in [-0.2, 0) is 0 Å². The first-order chi connectivity index (χ1) is 29.5. The van der Waals surface area contributed by atoms with Gasteiger partial charge < -0.3 is 9.97 Å². The van der Waals surface area contributed by atoms with Crippen molar-refractivity contribution in [2.45, 2.75) is 83.1 Å². The van der Waals surface area contributed by atoms with Crippen LogP contribution >= 0.6 is 31.9 Å². The zero-order valence-corrected chi connectivity index (χ0v) is 40.9. The lowest BCUT2D eigenvalue weighted by Gasteiger charge is -2.16. The van der Waals surface area contributed by atoms with Gasteiger partial charge in [-0.1, -0.05) is 70.8 Å². The molecular weight excluding hydrogens is 888 g/mol. The first-order valence-electron chi connectivity index (χ1n) is 21.4. The smallest absolute Gasteiger partial charge is 0.115 e. The minimum absolute atomic E-state index is 0.774. The van der Waals surface area contributed by atoms with Gasteiger partial charge in [0.25, 0.3) is 0 Å². The third-order valence-electron chi connectivity index (χ3n) is 12.6. The summed E-state index contributed by atoms with van der Waals surface area (Å²) in [5.41, 5.74) is 31.3. The molecule has 2 aliphatic rings. The lowest BCUT2D eigenvalue weighted by atomic mass is 9.91. The maximum atomic E-state index is 5.65. The minimum atomic E-state index is 0.774. The number of fused-ring (bicyclic) bond motifs is 8. The van der Waals surface area contributed by atoms with Gasteiger partial charge in [0.1, 0.15) is 4.62 Å². The molecule has 0 amide bonds. The summed E-state index contributed by atoms with van der Waals surface area (Å²) in [4.78, 5) is 19.1. The maximum absolute atomic E-state index is 5.65. The fourth-order valence-electron chi connectivity index (χ4n) is 10.7. The summed E-state index contributed by atoms with van der Waals surface area (Å²) >= 11 is 8.34. The molecule has 9 rings (SSSR count). The highest BCUT2D eigenvalue weighted by Gasteiger charge is 2.28. The standard InChI is InChI=1S/C56H52Br2N4/c1-27-19-31(5)45(32(6)20-27)49-39-13-14-40(59-39)50(46-33(7)21-28(2)22-34(46)8)42-16-18-44(61-42)52(48-37(11)25-30(4)26-38(48)12)55-54(57)53(56(58)62-55)51(43-17-15-41(49)60-43)47-35(9)23-29(3)24-36(47)10/h13-26,60-61H,1-12H3. The van der Waals surface area contributed by atoms with Crippen molar-refractivity contribution >= 4 is 76.4 Å². The molecule has 4 aromatic carbocycles. The summed E-state index contributed by atoms with van der Waals surface area (Å²) in [6.07, 6.45) is 4.42. The highest BCUT2D eigenvalue weighted by Crippen LogP contribution is 2.50. The molecule has 7 aromatic rings. The van der Waals surface area contributed by atoms with Crippen LogP contribution in [0.2, 0.25) is 0 Å². The van der Waals surface area contributed by atoms with Crippen molar-refractivity contribution in [1.29, 1.82) is 0 Å². The number of rotatable bonds is 4. The van der Waals surface area contributed by atoms with Crippen molar-refractivity contribution in [3.63, 3.8) is 0 Å². The van der Waals surface area contributed by atoms with Crippen LogP contribution in [-0.4, -0.2) is 19.6 Å². The van der Waals surface area contributed by atoms with E-state index in [-0.39, 0.29) is 0 Å². The highest BCUT2D eigenvalue weighted by atomic mass is 79.9. The van der Waals surface area contributed by atoms with Crippen LogP contribution in [0.4, 0.5) is 5.69 Å². The molecule has 62 heavy (non-hydrogen) atoms. The molecule has 0 unspecified atom stereocenters. The number of aromatic amines is 2. The van der Waals surface area contributed by atoms with Crippen LogP contribution < -0.4 is 0 Å². The topological polar surface area (TPSA) is 56.8 Å². The molecule has 2 aliphatic heterocycles. The van der Waals surface area contributed by atoms with Crippen molar-refractivity contribution in [3.05, 3.63) is 161 Å². The molecule has 4 nitrogen and oxygen atoms in total. The summed E-state index contributed by atoms with van der Waals surface area (Å²) in [6.45, 7) is 26.4. The Labute approximate surface area is 382 Å². The van der Waals surface area contributed by atoms with E-state index in [4.69, 9.17) is 9.98 Å². The Morgan fingerprint density at radius 1 is 0.355 bits per heavy atom. The Morgan fingerprint density at radius 2 is 0.645 bits per heavy atom. The number of hydrogen-bond acceptors (Lipinski definition) is 2. The Hall–Kier alpha value is -5.56. The lowest BCUT2D eigenvalue weighted by molar-refractivity contribution is 1.27. The number of benzene rings is 4. The van der Waals surface area contributed by atoms with Crippen LogP contribution in [0.25, 0.3) is 78.7 Å². The normalized spacial score (nSPS) is 12.4. The van der Waals surface area contributed by atoms with Crippen LogP contribution in [0.1, 0.15) is 83.7 Å². The fourth-order valence-corrected chi connectivity index (χ4v) is 12.2. The van der Waals surface area contributed by atoms with E-state index in [1.54, 1.807) is 0 Å². The first kappa shape index (κ1) is 41.8. The number of nitrogens with one attached hydrogen (secondary N) is 2. The summed E-state index contributed by atoms with van der Waals surface area (Å²) in [5, 5.41) is 0. The molecule has 8 bridgehead atoms. The molecule has 310 valence electrons. The number of aliphatic imine (C=N–C) groups is 1. The van der Waals surface area contributed by atoms with E-state index >= 15 is 0 Å². The molecule has 0 saturated heterocycles. The molecule has 0 spiro atoms. The number of aromatic nitrogens is 3. The largest absolute Gasteiger partial charge is 0.354 e. The predicted octanol–water partition coefficient (Wildman–Crippen LogP) is 16.7. The molecular formula is C56H52Br2N4. The predicted molar refractivity (Wildman–Crippen MR) is 274 cm³/mol. The van der Waals surface area contributed by atoms with Gasteiger partial charge >= 0.3 is 0 Å². The van der Waals surface area contributed by atoms with E-state index < -0.39 is 0 Å². The number of halogens is 2. The molecule has 6 heteroatoms. The Morgan fingerprint density at radius 3 is 1.00 bits per heavy atom. The number of hydrogen-bond donors (Lipinski definition) is 2. The van der Waals surface area contributed by atoms with Crippen molar-refractivity contribution in [2.24, 2.45) is 4.99 Å². The fraction of sp³-hybridized carbons (Fsp3) is 0.214. The second-order valence-corrected chi connectivity index (χ2v) is 19.4. The third-order valence-corrected chi connectivity index (χ3v) is 14.0. The Balaban J connectivity index is 1.59. The zero-order valence-electron chi connectivity index (χ0n) is 37.7. The van der Waals surface area contributed by atoms with E-state index in [0.29, 0.717) is 0 Å². The van der Waals surface area contributed by atoms with Crippen molar-refractivity contribution < 1.29 is 0 Å². The van der Waals surface area contributed by atoms with Gasteiger partial charge in [-0.25, -0.2) is 9.98 Å². The van der Waals surface area contributed by atoms with Gasteiger partial charge in [-0.15, -0.1) is 0 Å². The second-order valence-electron chi connectivity index (χ2n) is 17.8. The van der Waals surface area contributed by atoms with E-state index in [2.05, 4.69) is 210 Å². The van der Waals surface area contributed by atoms with Gasteiger partial charge in [-0.3, -0.25) is 0 Å². The molecule has 0 fully saturated rings. The molecule has 5 heterocycles. The molecule has 0 saturated carbocycles. The lowest BCUT2D eigenvalue weighted by Crippen LogP contribution is -1.97. The van der Waals surface area contributed by atoms with E-state index in [0.717, 1.165) is 81.6 Å². The molecule has 0 radical (unpaired) electrons. The van der Waals surface area contributed by atoms with E-state index in [1.807, 2.05) is 0 Å². The molecule has 0 aliphatic carbocycles. The minimum Gasteiger partial charge on any atom is -0.354 e. The van der Waals surface area contributed by atoms with Gasteiger partial charge in [-0.05, 0) is 218 Å². The third kappa shape index (κ3) is 6.96. The van der Waals surface area contributed by atoms with Gasteiger partial charge in [0, 0.05) is 49.9 Å². The van der Waals surface area contributed by atoms with Gasteiger partial charge in [0.2, 0.25) is 0 Å². The second kappa shape index (κ2) is 15.7. The van der Waals surface area contributed by atoms with Gasteiger partial charge in [0.15, 0.2) is 0 Å². The average Bonchev–Trinajstić information content (AvgIpc) is 3.99. The monoisotopic (exact) mass is 938 g/mol. The molecule has 0 atom stereocenters. The molecule has 2 N–H and O–H groups in total. The van der Waals surface area contributed by atoms with Crippen LogP contribution in [0.15, 0.2) is 82.3 Å². The molecule has 3 aromatic heterocycles. The van der Waals surface area contributed by atoms with Crippen LogP contribution in [0.3, 0.4) is 0 Å². The quantitative estimate of drug-likeness (QED) is 0.181. The number of nitrogens with zero attached hydrogens (tertiary/aromatic N) is 2. The Bertz CT molecular complexity index is 3240. The maximum Gasteiger partial charge on any atom is 0.115 e. The van der Waals surface area contributed by atoms with Crippen LogP contribution in [0.5, 0.6) is 0 Å². The van der Waals surface area contributed by atoms with Crippen molar-refractivity contribution in [2.75, 3.05) is 0 Å². The Kier molecular flexibility index (Phi) is 10.5. The number of aryl methyl sites for hydroxylation is 12. The summed E-state index contributed by atoms with van der Waals surface area (Å²) in [6, 6.07) is 27.2. The first-order valence-corrected chi connectivity index (χ1v) is 23.0. The van der Waals surface area contributed by atoms with Gasteiger partial charge in [-0.2, -0.15) is 0 Å². The van der Waals surface area contributed by atoms with Gasteiger partial charge in [0.05, 0.1) is 21.5 Å². The average molecular weight is 941 g/mol. The highest BCUT2D eigenvalue weighted by molar-refractivity contribution is 9.18. The SMILES string of the molecule is Cc1cc(C)c(-c2c3nc(c(-c4c(C)cc(C)cc4C)c4ccc([nH]4)c(-c4c(C)cc(C)cc4C)c4c(Br)c(c(-c5c(C)cc(C)cc5C)c5ccc2[nH]5)N=C4Br)C=C3)c(C)c1. The number of H-pyrrole nitrogens is 2. The van der Waals surface area contributed by atoms with Crippen molar-refractivity contribution in [1.82, 2.24) is 15.0 Å². The summed E-state index contributed by atoms with van der Waals surface area (Å²) < 4.78 is 1.70. The summed E-state index contributed by atoms with van der Waals surface area (Å²) in [7, 11) is 0. The van der Waals surface area contributed by atoms with Crippen LogP contribution in [0, 0.1) is 83.1 Å².